The molecule has 6 heteroatoms. The van der Waals surface area contributed by atoms with Crippen LogP contribution in [0.15, 0.2) is 36.7 Å². The largest absolute Gasteiger partial charge is 0.393 e. The molecule has 0 atom stereocenters. The van der Waals surface area contributed by atoms with Gasteiger partial charge >= 0.3 is 0 Å². The second-order valence-electron chi connectivity index (χ2n) is 10.2. The number of aliphatic hydroxyl groups is 1. The molecule has 1 aromatic carbocycles. The van der Waals surface area contributed by atoms with Crippen molar-refractivity contribution >= 4 is 17.0 Å². The summed E-state index contributed by atoms with van der Waals surface area (Å²) in [4.78, 5) is 12.2. The van der Waals surface area contributed by atoms with E-state index in [9.17, 15) is 5.11 Å². The Morgan fingerprint density at radius 1 is 1.03 bits per heavy atom. The Morgan fingerprint density at radius 2 is 1.79 bits per heavy atom. The number of aromatic nitrogens is 3. The van der Waals surface area contributed by atoms with Crippen molar-refractivity contribution in [3.63, 3.8) is 0 Å². The van der Waals surface area contributed by atoms with Gasteiger partial charge in [-0.1, -0.05) is 31.9 Å². The molecule has 1 saturated heterocycles. The Morgan fingerprint density at radius 3 is 2.53 bits per heavy atom. The predicted molar refractivity (Wildman–Crippen MR) is 139 cm³/mol. The first-order chi connectivity index (χ1) is 16.7. The molecule has 1 aliphatic heterocycles. The van der Waals surface area contributed by atoms with Crippen LogP contribution in [-0.4, -0.2) is 50.3 Å². The second kappa shape index (κ2) is 10.9. The Labute approximate surface area is 203 Å². The van der Waals surface area contributed by atoms with Crippen molar-refractivity contribution in [3.8, 4) is 5.69 Å². The molecule has 1 saturated carbocycles. The average Bonchev–Trinajstić information content (AvgIpc) is 3.25. The number of hydrogen-bond donors (Lipinski definition) is 2. The number of rotatable bonds is 8. The highest BCUT2D eigenvalue weighted by molar-refractivity contribution is 5.82. The zero-order valence-corrected chi connectivity index (χ0v) is 20.5. The first-order valence-electron chi connectivity index (χ1n) is 13.3. The van der Waals surface area contributed by atoms with Crippen molar-refractivity contribution in [2.75, 3.05) is 25.0 Å². The van der Waals surface area contributed by atoms with Gasteiger partial charge in [0.15, 0.2) is 0 Å². The summed E-state index contributed by atoms with van der Waals surface area (Å²) in [6.45, 7) is 6.56. The number of benzene rings is 1. The van der Waals surface area contributed by atoms with Gasteiger partial charge in [0.25, 0.3) is 0 Å². The molecule has 5 rings (SSSR count). The molecule has 2 N–H and O–H groups in total. The summed E-state index contributed by atoms with van der Waals surface area (Å²) in [7, 11) is 0. The Balaban J connectivity index is 1.43. The maximum atomic E-state index is 10.0. The summed E-state index contributed by atoms with van der Waals surface area (Å²) in [5.74, 6) is 1.15. The smallest absolute Gasteiger partial charge is 0.223 e. The third kappa shape index (κ3) is 5.28. The lowest BCUT2D eigenvalue weighted by Gasteiger charge is -2.26. The van der Waals surface area contributed by atoms with Gasteiger partial charge in [-0.05, 0) is 87.2 Å². The zero-order chi connectivity index (χ0) is 23.3. The summed E-state index contributed by atoms with van der Waals surface area (Å²) in [5, 5.41) is 13.4. The SMILES string of the molecule is CCCCNc1ncc2c(n1)c(C1CCC(O)CC1)cn2-c1ccc(CN2CCCCC2)cc1. The fourth-order valence-corrected chi connectivity index (χ4v) is 5.53. The minimum atomic E-state index is -0.155. The van der Waals surface area contributed by atoms with Crippen molar-refractivity contribution in [2.45, 2.75) is 83.3 Å². The molecule has 0 unspecified atom stereocenters. The molecule has 6 nitrogen and oxygen atoms in total. The molecular formula is C28H39N5O. The first-order valence-corrected chi connectivity index (χ1v) is 13.3. The number of nitrogens with one attached hydrogen (secondary N) is 1. The number of anilines is 1. The number of fused-ring (bicyclic) bond motifs is 1. The topological polar surface area (TPSA) is 66.2 Å². The van der Waals surface area contributed by atoms with Crippen molar-refractivity contribution in [2.24, 2.45) is 0 Å². The van der Waals surface area contributed by atoms with Gasteiger partial charge in [0.05, 0.1) is 23.3 Å². The van der Waals surface area contributed by atoms with E-state index in [0.717, 1.165) is 68.3 Å². The minimum Gasteiger partial charge on any atom is -0.393 e. The van der Waals surface area contributed by atoms with Crippen LogP contribution >= 0.6 is 0 Å². The molecule has 0 radical (unpaired) electrons. The summed E-state index contributed by atoms with van der Waals surface area (Å²) in [6.07, 6.45) is 14.1. The highest BCUT2D eigenvalue weighted by atomic mass is 16.3. The van der Waals surface area contributed by atoms with Crippen LogP contribution in [0.5, 0.6) is 0 Å². The van der Waals surface area contributed by atoms with E-state index in [0.29, 0.717) is 11.9 Å². The molecule has 2 aromatic heterocycles. The normalized spacial score (nSPS) is 21.7. The van der Waals surface area contributed by atoms with E-state index in [2.05, 4.69) is 57.2 Å². The lowest BCUT2D eigenvalue weighted by Crippen LogP contribution is -2.29. The summed E-state index contributed by atoms with van der Waals surface area (Å²) in [6, 6.07) is 9.02. The molecule has 1 aliphatic carbocycles. The molecule has 3 aromatic rings. The molecule has 0 spiro atoms. The maximum Gasteiger partial charge on any atom is 0.223 e. The monoisotopic (exact) mass is 461 g/mol. The van der Waals surface area contributed by atoms with Gasteiger partial charge in [-0.15, -0.1) is 0 Å². The van der Waals surface area contributed by atoms with E-state index in [4.69, 9.17) is 4.98 Å². The van der Waals surface area contributed by atoms with Gasteiger partial charge in [-0.25, -0.2) is 9.97 Å². The van der Waals surface area contributed by atoms with Gasteiger partial charge in [0.2, 0.25) is 5.95 Å². The number of hydrogen-bond acceptors (Lipinski definition) is 5. The number of likely N-dealkylation sites (tertiary alicyclic amines) is 1. The van der Waals surface area contributed by atoms with Gasteiger partial charge in [0, 0.05) is 25.0 Å². The first kappa shape index (κ1) is 23.3. The van der Waals surface area contributed by atoms with Crippen LogP contribution in [0.2, 0.25) is 0 Å². The van der Waals surface area contributed by atoms with E-state index < -0.39 is 0 Å². The Hall–Kier alpha value is -2.44. The van der Waals surface area contributed by atoms with Crippen LogP contribution in [0.1, 0.15) is 81.8 Å². The van der Waals surface area contributed by atoms with Gasteiger partial charge in [-0.3, -0.25) is 4.90 Å². The van der Waals surface area contributed by atoms with Crippen molar-refractivity contribution in [1.82, 2.24) is 19.4 Å². The molecule has 0 bridgehead atoms. The third-order valence-electron chi connectivity index (χ3n) is 7.59. The van der Waals surface area contributed by atoms with Gasteiger partial charge in [0.1, 0.15) is 0 Å². The van der Waals surface area contributed by atoms with Gasteiger partial charge in [-0.2, -0.15) is 0 Å². The quantitative estimate of drug-likeness (QED) is 0.425. The van der Waals surface area contributed by atoms with E-state index >= 15 is 0 Å². The van der Waals surface area contributed by atoms with Crippen molar-refractivity contribution < 1.29 is 5.11 Å². The lowest BCUT2D eigenvalue weighted by atomic mass is 9.83. The molecule has 2 fully saturated rings. The molecule has 2 aliphatic rings. The average molecular weight is 462 g/mol. The van der Waals surface area contributed by atoms with Crippen molar-refractivity contribution in [3.05, 3.63) is 47.8 Å². The fourth-order valence-electron chi connectivity index (χ4n) is 5.53. The van der Waals surface area contributed by atoms with Crippen LogP contribution in [0.4, 0.5) is 5.95 Å². The number of aliphatic hydroxyl groups excluding tert-OH is 1. The Kier molecular flexibility index (Phi) is 7.45. The zero-order valence-electron chi connectivity index (χ0n) is 20.5. The molecular weight excluding hydrogens is 422 g/mol. The summed E-state index contributed by atoms with van der Waals surface area (Å²) in [5.41, 5.74) is 5.94. The fraction of sp³-hybridized carbons (Fsp3) is 0.571. The molecule has 0 amide bonds. The summed E-state index contributed by atoms with van der Waals surface area (Å²) >= 11 is 0. The standard InChI is InChI=1S/C28H39N5O/c1-2-3-15-29-28-30-18-26-27(31-28)25(22-9-13-24(34)14-10-22)20-33(26)23-11-7-21(8-12-23)19-32-16-5-4-6-17-32/h7-8,11-12,18,20,22,24,34H,2-6,9-10,13-17,19H2,1H3,(H,29,30,31). The highest BCUT2D eigenvalue weighted by Crippen LogP contribution is 2.38. The Bertz CT molecular complexity index is 1060. The van der Waals surface area contributed by atoms with E-state index in [1.807, 2.05) is 6.20 Å². The third-order valence-corrected chi connectivity index (χ3v) is 7.59. The minimum absolute atomic E-state index is 0.155. The van der Waals surface area contributed by atoms with Crippen LogP contribution in [0.3, 0.4) is 0 Å². The van der Waals surface area contributed by atoms with Crippen LogP contribution in [0.25, 0.3) is 16.7 Å². The lowest BCUT2D eigenvalue weighted by molar-refractivity contribution is 0.122. The number of piperidine rings is 1. The molecule has 3 heterocycles. The number of nitrogens with zero attached hydrogens (tertiary/aromatic N) is 4. The van der Waals surface area contributed by atoms with E-state index in [1.165, 1.54) is 43.5 Å². The van der Waals surface area contributed by atoms with E-state index in [-0.39, 0.29) is 6.10 Å². The highest BCUT2D eigenvalue weighted by Gasteiger charge is 2.25. The molecule has 34 heavy (non-hydrogen) atoms. The van der Waals surface area contributed by atoms with E-state index in [1.54, 1.807) is 0 Å². The second-order valence-corrected chi connectivity index (χ2v) is 10.2. The molecule has 182 valence electrons. The van der Waals surface area contributed by atoms with Crippen LogP contribution in [-0.2, 0) is 6.54 Å². The van der Waals surface area contributed by atoms with Crippen molar-refractivity contribution in [1.29, 1.82) is 0 Å². The number of unbranched alkanes of at least 4 members (excludes halogenated alkanes) is 1. The summed E-state index contributed by atoms with van der Waals surface area (Å²) < 4.78 is 2.26. The van der Waals surface area contributed by atoms with Crippen LogP contribution < -0.4 is 5.32 Å². The van der Waals surface area contributed by atoms with Gasteiger partial charge < -0.3 is 15.0 Å². The van der Waals surface area contributed by atoms with Crippen LogP contribution in [0, 0.1) is 0 Å². The predicted octanol–water partition coefficient (Wildman–Crippen LogP) is 5.64. The maximum absolute atomic E-state index is 10.0.